The third-order valence-corrected chi connectivity index (χ3v) is 3.74. The van der Waals surface area contributed by atoms with Gasteiger partial charge in [-0.25, -0.2) is 0 Å². The van der Waals surface area contributed by atoms with E-state index in [1.165, 1.54) is 5.56 Å². The van der Waals surface area contributed by atoms with Crippen LogP contribution in [0.1, 0.15) is 45.1 Å². The molecule has 0 amide bonds. The van der Waals surface area contributed by atoms with Crippen molar-refractivity contribution in [1.29, 1.82) is 0 Å². The Kier molecular flexibility index (Phi) is 4.05. The second kappa shape index (κ2) is 5.55. The molecule has 1 unspecified atom stereocenters. The monoisotopic (exact) mass is 246 g/mol. The van der Waals surface area contributed by atoms with Gasteiger partial charge in [0.15, 0.2) is 0 Å². The molecular formula is C16H22O2. The first-order chi connectivity index (χ1) is 8.63. The molecule has 0 N–H and O–H groups in total. The molecule has 1 saturated heterocycles. The average molecular weight is 246 g/mol. The fourth-order valence-electron chi connectivity index (χ4n) is 2.79. The summed E-state index contributed by atoms with van der Waals surface area (Å²) in [4.78, 5) is 11.5. The van der Waals surface area contributed by atoms with Gasteiger partial charge < -0.3 is 4.74 Å². The molecule has 0 saturated carbocycles. The van der Waals surface area contributed by atoms with Crippen molar-refractivity contribution in [3.8, 4) is 0 Å². The maximum Gasteiger partial charge on any atom is 0.313 e. The van der Waals surface area contributed by atoms with Gasteiger partial charge in [0.25, 0.3) is 0 Å². The molecule has 2 nitrogen and oxygen atoms in total. The van der Waals surface area contributed by atoms with Crippen LogP contribution in [0.5, 0.6) is 0 Å². The fourth-order valence-corrected chi connectivity index (χ4v) is 2.79. The van der Waals surface area contributed by atoms with Crippen LogP contribution in [0, 0.1) is 11.8 Å². The van der Waals surface area contributed by atoms with E-state index in [4.69, 9.17) is 4.74 Å². The van der Waals surface area contributed by atoms with Gasteiger partial charge in [0, 0.05) is 5.92 Å². The minimum atomic E-state index is -0.0211. The van der Waals surface area contributed by atoms with Crippen LogP contribution in [-0.2, 0) is 9.53 Å². The number of ether oxygens (including phenoxy) is 1. The van der Waals surface area contributed by atoms with E-state index >= 15 is 0 Å². The Hall–Kier alpha value is -1.31. The molecule has 1 aromatic carbocycles. The van der Waals surface area contributed by atoms with E-state index in [1.807, 2.05) is 6.07 Å². The Morgan fingerprint density at radius 3 is 2.39 bits per heavy atom. The van der Waals surface area contributed by atoms with Gasteiger partial charge in [-0.2, -0.15) is 0 Å². The second-order valence-electron chi connectivity index (χ2n) is 5.56. The topological polar surface area (TPSA) is 26.3 Å². The average Bonchev–Trinajstić information content (AvgIpc) is 2.35. The van der Waals surface area contributed by atoms with Gasteiger partial charge >= 0.3 is 5.97 Å². The highest BCUT2D eigenvalue weighted by Crippen LogP contribution is 2.39. The molecule has 1 aliphatic rings. The van der Waals surface area contributed by atoms with Crippen LogP contribution in [0.4, 0.5) is 0 Å². The number of rotatable bonds is 5. The highest BCUT2D eigenvalue weighted by molar-refractivity contribution is 5.78. The van der Waals surface area contributed by atoms with Crippen LogP contribution in [-0.4, -0.2) is 12.1 Å². The number of carbonyl (C=O) groups excluding carboxylic acids is 1. The highest BCUT2D eigenvalue weighted by atomic mass is 16.6. The summed E-state index contributed by atoms with van der Waals surface area (Å²) in [6.45, 7) is 6.50. The molecule has 18 heavy (non-hydrogen) atoms. The molecule has 2 heteroatoms. The summed E-state index contributed by atoms with van der Waals surface area (Å²) in [5.41, 5.74) is 1.29. The molecule has 98 valence electrons. The Balaban J connectivity index is 2.18. The van der Waals surface area contributed by atoms with Crippen LogP contribution in [0.2, 0.25) is 0 Å². The molecular weight excluding hydrogens is 224 g/mol. The zero-order valence-corrected chi connectivity index (χ0v) is 11.4. The van der Waals surface area contributed by atoms with Crippen LogP contribution in [0.15, 0.2) is 30.3 Å². The molecule has 1 aromatic rings. The first-order valence-electron chi connectivity index (χ1n) is 6.89. The largest absolute Gasteiger partial charge is 0.460 e. The van der Waals surface area contributed by atoms with E-state index in [9.17, 15) is 4.79 Å². The Bertz CT molecular complexity index is 397. The summed E-state index contributed by atoms with van der Waals surface area (Å²) >= 11 is 0. The van der Waals surface area contributed by atoms with E-state index in [0.717, 1.165) is 12.8 Å². The molecule has 1 heterocycles. The van der Waals surface area contributed by atoms with E-state index < -0.39 is 0 Å². The minimum absolute atomic E-state index is 0.0211. The van der Waals surface area contributed by atoms with E-state index in [1.54, 1.807) is 0 Å². The molecule has 0 bridgehead atoms. The Morgan fingerprint density at radius 2 is 1.89 bits per heavy atom. The number of cyclic esters (lactones) is 1. The number of benzene rings is 1. The molecule has 1 fully saturated rings. The lowest BCUT2D eigenvalue weighted by molar-refractivity contribution is -0.188. The molecule has 0 radical (unpaired) electrons. The summed E-state index contributed by atoms with van der Waals surface area (Å²) in [7, 11) is 0. The Morgan fingerprint density at radius 1 is 1.22 bits per heavy atom. The second-order valence-corrected chi connectivity index (χ2v) is 5.56. The summed E-state index contributed by atoms with van der Waals surface area (Å²) in [5.74, 6) is 1.02. The highest BCUT2D eigenvalue weighted by Gasteiger charge is 2.46. The third kappa shape index (κ3) is 2.58. The van der Waals surface area contributed by atoms with Crippen LogP contribution in [0.3, 0.4) is 0 Å². The lowest BCUT2D eigenvalue weighted by atomic mass is 9.77. The Labute approximate surface area is 109 Å². The van der Waals surface area contributed by atoms with Crippen molar-refractivity contribution < 1.29 is 9.53 Å². The zero-order chi connectivity index (χ0) is 13.1. The number of esters is 1. The van der Waals surface area contributed by atoms with Crippen LogP contribution in [0.25, 0.3) is 0 Å². The number of carbonyl (C=O) groups is 1. The first kappa shape index (κ1) is 13.1. The van der Waals surface area contributed by atoms with Crippen molar-refractivity contribution in [2.45, 2.75) is 45.6 Å². The standard InChI is InChI=1S/C16H22O2/c1-4-13-15(18-16(13)17)14(10-11(2)3)12-8-6-5-7-9-12/h5-9,11,13-15H,4,10H2,1-3H3/t13-,14?,15-/m0/s1. The van der Waals surface area contributed by atoms with Gasteiger partial charge in [-0.05, 0) is 24.3 Å². The van der Waals surface area contributed by atoms with Crippen molar-refractivity contribution in [3.63, 3.8) is 0 Å². The van der Waals surface area contributed by atoms with Gasteiger partial charge in [0.05, 0.1) is 5.92 Å². The van der Waals surface area contributed by atoms with Crippen molar-refractivity contribution in [2.75, 3.05) is 0 Å². The molecule has 0 spiro atoms. The smallest absolute Gasteiger partial charge is 0.313 e. The maximum absolute atomic E-state index is 11.5. The van der Waals surface area contributed by atoms with E-state index in [2.05, 4.69) is 45.0 Å². The lowest BCUT2D eigenvalue weighted by Crippen LogP contribution is -2.48. The van der Waals surface area contributed by atoms with Gasteiger partial charge in [0.2, 0.25) is 0 Å². The van der Waals surface area contributed by atoms with Crippen molar-refractivity contribution >= 4 is 5.97 Å². The molecule has 3 atom stereocenters. The number of hydrogen-bond donors (Lipinski definition) is 0. The first-order valence-corrected chi connectivity index (χ1v) is 6.89. The van der Waals surface area contributed by atoms with Gasteiger partial charge in [-0.1, -0.05) is 51.1 Å². The SMILES string of the molecule is CC[C@@H]1C(=O)O[C@@H]1C(CC(C)C)c1ccccc1. The summed E-state index contributed by atoms with van der Waals surface area (Å²) in [6, 6.07) is 10.4. The molecule has 0 aliphatic carbocycles. The molecule has 2 rings (SSSR count). The van der Waals surface area contributed by atoms with E-state index in [0.29, 0.717) is 11.8 Å². The fraction of sp³-hybridized carbons (Fsp3) is 0.562. The predicted molar refractivity (Wildman–Crippen MR) is 72.3 cm³/mol. The molecule has 0 aromatic heterocycles. The van der Waals surface area contributed by atoms with Gasteiger partial charge in [-0.15, -0.1) is 0 Å². The maximum atomic E-state index is 11.5. The lowest BCUT2D eigenvalue weighted by Gasteiger charge is -2.40. The number of hydrogen-bond acceptors (Lipinski definition) is 2. The minimum Gasteiger partial charge on any atom is -0.460 e. The van der Waals surface area contributed by atoms with Crippen molar-refractivity contribution in [2.24, 2.45) is 11.8 Å². The summed E-state index contributed by atoms with van der Waals surface area (Å²) in [6.07, 6.45) is 2.02. The van der Waals surface area contributed by atoms with Crippen LogP contribution >= 0.6 is 0 Å². The van der Waals surface area contributed by atoms with E-state index in [-0.39, 0.29) is 18.0 Å². The third-order valence-electron chi connectivity index (χ3n) is 3.74. The van der Waals surface area contributed by atoms with Crippen molar-refractivity contribution in [1.82, 2.24) is 0 Å². The quantitative estimate of drug-likeness (QED) is 0.739. The van der Waals surface area contributed by atoms with Gasteiger partial charge in [0.1, 0.15) is 6.10 Å². The predicted octanol–water partition coefficient (Wildman–Crippen LogP) is 3.77. The zero-order valence-electron chi connectivity index (χ0n) is 11.4. The normalized spacial score (nSPS) is 24.6. The van der Waals surface area contributed by atoms with Gasteiger partial charge in [-0.3, -0.25) is 4.79 Å². The van der Waals surface area contributed by atoms with Crippen molar-refractivity contribution in [3.05, 3.63) is 35.9 Å². The summed E-state index contributed by atoms with van der Waals surface area (Å²) in [5, 5.41) is 0. The summed E-state index contributed by atoms with van der Waals surface area (Å²) < 4.78 is 5.42. The molecule has 1 aliphatic heterocycles. The van der Waals surface area contributed by atoms with Crippen LogP contribution < -0.4 is 0 Å².